The van der Waals surface area contributed by atoms with Crippen molar-refractivity contribution in [2.45, 2.75) is 11.4 Å². The molecule has 0 spiro atoms. The molecule has 8 nitrogen and oxygen atoms in total. The van der Waals surface area contributed by atoms with E-state index in [-0.39, 0.29) is 21.7 Å². The van der Waals surface area contributed by atoms with Crippen molar-refractivity contribution in [3.05, 3.63) is 94.5 Å². The Labute approximate surface area is 171 Å². The topological polar surface area (TPSA) is 121 Å². The van der Waals surface area contributed by atoms with Gasteiger partial charge in [0.2, 0.25) is 0 Å². The summed E-state index contributed by atoms with van der Waals surface area (Å²) in [5.74, 6) is -1.09. The Balaban J connectivity index is 1.57. The van der Waals surface area contributed by atoms with E-state index >= 15 is 0 Å². The summed E-state index contributed by atoms with van der Waals surface area (Å²) in [5, 5.41) is 2.78. The van der Waals surface area contributed by atoms with Crippen molar-refractivity contribution < 1.29 is 17.6 Å². The minimum absolute atomic E-state index is 0.0998. The van der Waals surface area contributed by atoms with Crippen LogP contribution in [0, 0.1) is 0 Å². The highest BCUT2D eigenvalue weighted by Crippen LogP contribution is 2.22. The first-order valence-electron chi connectivity index (χ1n) is 8.99. The van der Waals surface area contributed by atoms with E-state index in [0.29, 0.717) is 12.1 Å². The third-order valence-corrected chi connectivity index (χ3v) is 5.78. The summed E-state index contributed by atoms with van der Waals surface area (Å²) < 4.78 is 33.0. The third-order valence-electron chi connectivity index (χ3n) is 4.41. The Kier molecular flexibility index (Phi) is 5.11. The third kappa shape index (κ3) is 4.11. The number of H-pyrrole nitrogens is 1. The number of carbonyl (C=O) groups is 1. The van der Waals surface area contributed by atoms with Crippen molar-refractivity contribution in [1.82, 2.24) is 10.3 Å². The van der Waals surface area contributed by atoms with Gasteiger partial charge in [-0.1, -0.05) is 42.5 Å². The zero-order valence-corrected chi connectivity index (χ0v) is 16.4. The first-order chi connectivity index (χ1) is 14.4. The lowest BCUT2D eigenvalue weighted by molar-refractivity contribution is 0.0952. The van der Waals surface area contributed by atoms with E-state index in [1.807, 2.05) is 30.3 Å². The van der Waals surface area contributed by atoms with Crippen LogP contribution < -0.4 is 15.8 Å². The second-order valence-electron chi connectivity index (χ2n) is 6.49. The average molecular weight is 423 g/mol. The lowest BCUT2D eigenvalue weighted by Crippen LogP contribution is -2.25. The predicted molar refractivity (Wildman–Crippen MR) is 112 cm³/mol. The Bertz CT molecular complexity index is 1370. The second-order valence-corrected chi connectivity index (χ2v) is 8.17. The van der Waals surface area contributed by atoms with Crippen LogP contribution >= 0.6 is 0 Å². The molecular formula is C21H17N3O5S. The number of sulfonamides is 1. The van der Waals surface area contributed by atoms with Gasteiger partial charge in [0.25, 0.3) is 15.9 Å². The number of fused-ring (bicyclic) bond motifs is 1. The van der Waals surface area contributed by atoms with Crippen molar-refractivity contribution in [2.75, 3.05) is 4.72 Å². The van der Waals surface area contributed by atoms with Gasteiger partial charge in [0.1, 0.15) is 0 Å². The van der Waals surface area contributed by atoms with Crippen LogP contribution in [0.3, 0.4) is 0 Å². The number of carbonyl (C=O) groups excluding carboxylic acids is 1. The molecule has 4 rings (SSSR count). The number of anilines is 1. The number of amides is 1. The maximum absolute atomic E-state index is 12.8. The number of aromatic nitrogens is 1. The molecule has 0 radical (unpaired) electrons. The van der Waals surface area contributed by atoms with E-state index in [1.165, 1.54) is 30.3 Å². The van der Waals surface area contributed by atoms with Crippen LogP contribution in [0.2, 0.25) is 0 Å². The van der Waals surface area contributed by atoms with E-state index in [0.717, 1.165) is 5.56 Å². The van der Waals surface area contributed by atoms with Gasteiger partial charge in [0, 0.05) is 12.6 Å². The van der Waals surface area contributed by atoms with Crippen LogP contribution in [0.4, 0.5) is 5.69 Å². The van der Waals surface area contributed by atoms with Crippen LogP contribution in [0.15, 0.2) is 86.9 Å². The molecule has 0 aliphatic heterocycles. The van der Waals surface area contributed by atoms with E-state index in [4.69, 9.17) is 4.42 Å². The first-order valence-corrected chi connectivity index (χ1v) is 10.5. The Morgan fingerprint density at radius 3 is 2.50 bits per heavy atom. The van der Waals surface area contributed by atoms with Crippen LogP contribution in [0.25, 0.3) is 11.1 Å². The van der Waals surface area contributed by atoms with Crippen LogP contribution in [0.1, 0.15) is 15.9 Å². The molecule has 0 atom stereocenters. The van der Waals surface area contributed by atoms with Crippen molar-refractivity contribution >= 4 is 32.7 Å². The van der Waals surface area contributed by atoms with Gasteiger partial charge in [-0.3, -0.25) is 14.5 Å². The fourth-order valence-corrected chi connectivity index (χ4v) is 4.03. The highest BCUT2D eigenvalue weighted by Gasteiger charge is 2.19. The highest BCUT2D eigenvalue weighted by atomic mass is 32.2. The minimum atomic E-state index is -4.02. The number of rotatable bonds is 6. The zero-order chi connectivity index (χ0) is 21.1. The zero-order valence-electron chi connectivity index (χ0n) is 15.6. The molecule has 9 heteroatoms. The monoisotopic (exact) mass is 423 g/mol. The van der Waals surface area contributed by atoms with Gasteiger partial charge in [-0.2, -0.15) is 0 Å². The van der Waals surface area contributed by atoms with Gasteiger partial charge in [-0.25, -0.2) is 13.2 Å². The lowest BCUT2D eigenvalue weighted by atomic mass is 10.1. The van der Waals surface area contributed by atoms with Gasteiger partial charge in [-0.15, -0.1) is 0 Å². The first kappa shape index (κ1) is 19.5. The summed E-state index contributed by atoms with van der Waals surface area (Å²) in [6.07, 6.45) is 0. The molecule has 30 heavy (non-hydrogen) atoms. The number of oxazole rings is 1. The Morgan fingerprint density at radius 2 is 1.70 bits per heavy atom. The molecule has 3 aromatic carbocycles. The minimum Gasteiger partial charge on any atom is -0.408 e. The molecule has 1 amide bonds. The van der Waals surface area contributed by atoms with E-state index < -0.39 is 21.7 Å². The summed E-state index contributed by atoms with van der Waals surface area (Å²) in [6.45, 7) is 0.309. The molecule has 3 N–H and O–H groups in total. The standard InChI is InChI=1S/C21H17N3O5S/c25-20(22-13-14-6-2-1-3-7-14)16-8-4-5-9-17(16)24-30(27,28)15-10-11-18-19(12-15)29-21(26)23-18/h1-12,24H,13H2,(H,22,25)(H,23,26). The molecule has 1 aromatic heterocycles. The molecule has 0 unspecified atom stereocenters. The average Bonchev–Trinajstić information content (AvgIpc) is 3.12. The Morgan fingerprint density at radius 1 is 0.967 bits per heavy atom. The van der Waals surface area contributed by atoms with E-state index in [9.17, 15) is 18.0 Å². The molecular weight excluding hydrogens is 406 g/mol. The Hall–Kier alpha value is -3.85. The number of hydrogen-bond donors (Lipinski definition) is 3. The molecule has 1 heterocycles. The SMILES string of the molecule is O=C(NCc1ccccc1)c1ccccc1NS(=O)(=O)c1ccc2[nH]c(=O)oc2c1. The number of aromatic amines is 1. The predicted octanol–water partition coefficient (Wildman–Crippen LogP) is 2.85. The van der Waals surface area contributed by atoms with Gasteiger partial charge >= 0.3 is 5.76 Å². The van der Waals surface area contributed by atoms with Crippen LogP contribution in [-0.4, -0.2) is 19.3 Å². The van der Waals surface area contributed by atoms with Gasteiger partial charge in [0.15, 0.2) is 5.58 Å². The summed E-state index contributed by atoms with van der Waals surface area (Å²) >= 11 is 0. The van der Waals surface area contributed by atoms with Gasteiger partial charge in [0.05, 0.1) is 21.7 Å². The molecule has 4 aromatic rings. The maximum atomic E-state index is 12.8. The van der Waals surface area contributed by atoms with Crippen LogP contribution in [-0.2, 0) is 16.6 Å². The molecule has 0 saturated carbocycles. The largest absolute Gasteiger partial charge is 0.417 e. The number of para-hydroxylation sites is 1. The normalized spacial score (nSPS) is 11.3. The summed E-state index contributed by atoms with van der Waals surface area (Å²) in [5.41, 5.74) is 1.76. The quantitative estimate of drug-likeness (QED) is 0.440. The highest BCUT2D eigenvalue weighted by molar-refractivity contribution is 7.92. The van der Waals surface area contributed by atoms with Gasteiger partial charge in [-0.05, 0) is 29.8 Å². The lowest BCUT2D eigenvalue weighted by Gasteiger charge is -2.13. The van der Waals surface area contributed by atoms with Crippen molar-refractivity contribution in [3.63, 3.8) is 0 Å². The van der Waals surface area contributed by atoms with Crippen molar-refractivity contribution in [2.24, 2.45) is 0 Å². The molecule has 0 aliphatic rings. The fourth-order valence-electron chi connectivity index (χ4n) is 2.94. The van der Waals surface area contributed by atoms with E-state index in [1.54, 1.807) is 12.1 Å². The van der Waals surface area contributed by atoms with E-state index in [2.05, 4.69) is 15.0 Å². The molecule has 152 valence electrons. The number of hydrogen-bond acceptors (Lipinski definition) is 5. The smallest absolute Gasteiger partial charge is 0.408 e. The van der Waals surface area contributed by atoms with Crippen LogP contribution in [0.5, 0.6) is 0 Å². The summed E-state index contributed by atoms with van der Waals surface area (Å²) in [6, 6.07) is 19.7. The number of nitrogens with one attached hydrogen (secondary N) is 3. The maximum Gasteiger partial charge on any atom is 0.417 e. The molecule has 0 saturated heterocycles. The second kappa shape index (κ2) is 7.88. The fraction of sp³-hybridized carbons (Fsp3) is 0.0476. The van der Waals surface area contributed by atoms with Gasteiger partial charge < -0.3 is 9.73 Å². The van der Waals surface area contributed by atoms with Crippen molar-refractivity contribution in [1.29, 1.82) is 0 Å². The number of benzene rings is 3. The van der Waals surface area contributed by atoms with Crippen molar-refractivity contribution in [3.8, 4) is 0 Å². The summed E-state index contributed by atoms with van der Waals surface area (Å²) in [7, 11) is -4.02. The molecule has 0 fully saturated rings. The summed E-state index contributed by atoms with van der Waals surface area (Å²) in [4.78, 5) is 26.3. The molecule has 0 aliphatic carbocycles. The molecule has 0 bridgehead atoms.